The normalized spacial score (nSPS) is 17.1. The van der Waals surface area contributed by atoms with E-state index < -0.39 is 23.6 Å². The first-order valence-electron chi connectivity index (χ1n) is 12.1. The molecule has 1 heterocycles. The molecule has 190 valence electrons. The van der Waals surface area contributed by atoms with E-state index in [1.54, 1.807) is 6.92 Å². The molecule has 0 aromatic heterocycles. The Morgan fingerprint density at radius 2 is 1.56 bits per heavy atom. The van der Waals surface area contributed by atoms with E-state index in [0.29, 0.717) is 22.1 Å². The maximum Gasteiger partial charge on any atom is 0.416 e. The highest BCUT2D eigenvalue weighted by Crippen LogP contribution is 2.40. The Morgan fingerprint density at radius 1 is 0.972 bits per heavy atom. The summed E-state index contributed by atoms with van der Waals surface area (Å²) in [6, 6.07) is 18.1. The molecule has 1 N–H and O–H groups in total. The molecule has 1 fully saturated rings. The molecule has 1 aliphatic heterocycles. The van der Waals surface area contributed by atoms with Crippen LogP contribution in [0.2, 0.25) is 5.02 Å². The number of carboxylic acid groups (broad SMARTS) is 1. The molecule has 3 aromatic rings. The van der Waals surface area contributed by atoms with Gasteiger partial charge in [-0.3, -0.25) is 9.69 Å². The zero-order valence-electron chi connectivity index (χ0n) is 20.2. The second-order valence-corrected chi connectivity index (χ2v) is 10.1. The lowest BCUT2D eigenvalue weighted by Gasteiger charge is -2.38. The van der Waals surface area contributed by atoms with Crippen LogP contribution in [-0.2, 0) is 11.0 Å². The van der Waals surface area contributed by atoms with E-state index >= 15 is 0 Å². The summed E-state index contributed by atoms with van der Waals surface area (Å²) in [5.74, 6) is -1.09. The third kappa shape index (κ3) is 5.76. The van der Waals surface area contributed by atoms with Gasteiger partial charge in [0.15, 0.2) is 0 Å². The van der Waals surface area contributed by atoms with Gasteiger partial charge in [-0.05, 0) is 96.9 Å². The fourth-order valence-electron chi connectivity index (χ4n) is 4.83. The number of piperidine rings is 1. The smallest absolute Gasteiger partial charge is 0.416 e. The maximum absolute atomic E-state index is 13.2. The van der Waals surface area contributed by atoms with Crippen molar-refractivity contribution in [1.29, 1.82) is 0 Å². The van der Waals surface area contributed by atoms with Gasteiger partial charge in [0.2, 0.25) is 0 Å². The molecule has 0 bridgehead atoms. The number of rotatable bonds is 6. The Kier molecular flexibility index (Phi) is 7.76. The number of hydrogen-bond acceptors (Lipinski definition) is 2. The van der Waals surface area contributed by atoms with Gasteiger partial charge in [-0.1, -0.05) is 54.9 Å². The van der Waals surface area contributed by atoms with Crippen molar-refractivity contribution in [3.05, 3.63) is 94.0 Å². The molecule has 0 saturated carbocycles. The van der Waals surface area contributed by atoms with Crippen LogP contribution in [0, 0.1) is 5.92 Å². The van der Waals surface area contributed by atoms with E-state index in [2.05, 4.69) is 11.8 Å². The van der Waals surface area contributed by atoms with E-state index in [4.69, 9.17) is 11.6 Å². The Hall–Kier alpha value is -2.83. The number of halogens is 4. The topological polar surface area (TPSA) is 40.5 Å². The molecule has 1 saturated heterocycles. The highest BCUT2D eigenvalue weighted by molar-refractivity contribution is 6.30. The second kappa shape index (κ2) is 10.7. The van der Waals surface area contributed by atoms with E-state index in [-0.39, 0.29) is 6.04 Å². The van der Waals surface area contributed by atoms with Gasteiger partial charge in [0.05, 0.1) is 17.5 Å². The fourth-order valence-corrected chi connectivity index (χ4v) is 4.96. The number of likely N-dealkylation sites (tertiary alicyclic amines) is 1. The van der Waals surface area contributed by atoms with Gasteiger partial charge in [-0.2, -0.15) is 13.2 Å². The van der Waals surface area contributed by atoms with Crippen LogP contribution < -0.4 is 0 Å². The number of carbonyl (C=O) groups is 1. The number of hydrogen-bond donors (Lipinski definition) is 1. The van der Waals surface area contributed by atoms with Crippen LogP contribution >= 0.6 is 11.6 Å². The zero-order chi connectivity index (χ0) is 26.0. The highest BCUT2D eigenvalue weighted by atomic mass is 35.5. The Labute approximate surface area is 214 Å². The van der Waals surface area contributed by atoms with Crippen molar-refractivity contribution in [1.82, 2.24) is 4.90 Å². The minimum Gasteiger partial charge on any atom is -0.481 e. The Morgan fingerprint density at radius 3 is 2.11 bits per heavy atom. The molecule has 4 rings (SSSR count). The fraction of sp³-hybridized carbons (Fsp3) is 0.345. The van der Waals surface area contributed by atoms with Crippen molar-refractivity contribution in [2.24, 2.45) is 5.92 Å². The monoisotopic (exact) mass is 515 g/mol. The molecule has 0 radical (unpaired) electrons. The summed E-state index contributed by atoms with van der Waals surface area (Å²) in [4.78, 5) is 14.1. The molecule has 7 heteroatoms. The SMILES string of the molecule is CC1CCN(C(c2ccc(Cl)cc2)c2ccc(C(C)C(=O)O)cc2-c2ccc(C(F)(F)F)cc2)CC1. The summed E-state index contributed by atoms with van der Waals surface area (Å²) in [5, 5.41) is 10.2. The molecule has 0 spiro atoms. The molecule has 0 aliphatic carbocycles. The molecule has 3 nitrogen and oxygen atoms in total. The molecule has 2 unspecified atom stereocenters. The quantitative estimate of drug-likeness (QED) is 0.361. The van der Waals surface area contributed by atoms with Gasteiger partial charge < -0.3 is 5.11 Å². The summed E-state index contributed by atoms with van der Waals surface area (Å²) in [7, 11) is 0. The first-order chi connectivity index (χ1) is 17.0. The minimum absolute atomic E-state index is 0.152. The third-order valence-corrected chi connectivity index (χ3v) is 7.39. The van der Waals surface area contributed by atoms with Crippen LogP contribution in [0.1, 0.15) is 60.9 Å². The summed E-state index contributed by atoms with van der Waals surface area (Å²) in [5.41, 5.74) is 3.18. The lowest BCUT2D eigenvalue weighted by atomic mass is 9.85. The average Bonchev–Trinajstić information content (AvgIpc) is 2.85. The zero-order valence-corrected chi connectivity index (χ0v) is 21.0. The standard InChI is InChI=1S/C29H29ClF3NO2/c1-18-13-15-34(16-14-18)27(21-5-10-24(30)11-6-21)25-12-7-22(19(2)28(35)36)17-26(25)20-3-8-23(9-4-20)29(31,32)33/h3-12,17-19,27H,13-16H2,1-2H3,(H,35,36). The van der Waals surface area contributed by atoms with Crippen LogP contribution in [0.25, 0.3) is 11.1 Å². The molecule has 3 aromatic carbocycles. The van der Waals surface area contributed by atoms with Crippen LogP contribution in [0.15, 0.2) is 66.7 Å². The van der Waals surface area contributed by atoms with Crippen LogP contribution in [0.5, 0.6) is 0 Å². The Balaban J connectivity index is 1.88. The summed E-state index contributed by atoms with van der Waals surface area (Å²) in [6.45, 7) is 5.61. The van der Waals surface area contributed by atoms with Gasteiger partial charge >= 0.3 is 12.1 Å². The van der Waals surface area contributed by atoms with E-state index in [9.17, 15) is 23.1 Å². The number of benzene rings is 3. The molecular weight excluding hydrogens is 487 g/mol. The molecule has 0 amide bonds. The van der Waals surface area contributed by atoms with Crippen molar-refractivity contribution in [2.45, 2.75) is 44.8 Å². The molecule has 36 heavy (non-hydrogen) atoms. The van der Waals surface area contributed by atoms with Crippen LogP contribution in [0.4, 0.5) is 13.2 Å². The third-order valence-electron chi connectivity index (χ3n) is 7.13. The first-order valence-corrected chi connectivity index (χ1v) is 12.5. The predicted octanol–water partition coefficient (Wildman–Crippen LogP) is 8.04. The van der Waals surface area contributed by atoms with Crippen molar-refractivity contribution < 1.29 is 23.1 Å². The second-order valence-electron chi connectivity index (χ2n) is 9.65. The van der Waals surface area contributed by atoms with Crippen molar-refractivity contribution in [3.8, 4) is 11.1 Å². The minimum atomic E-state index is -4.43. The molecule has 2 atom stereocenters. The van der Waals surface area contributed by atoms with E-state index in [0.717, 1.165) is 54.8 Å². The number of aliphatic carboxylic acids is 1. The molecular formula is C29H29ClF3NO2. The van der Waals surface area contributed by atoms with Crippen LogP contribution in [0.3, 0.4) is 0 Å². The van der Waals surface area contributed by atoms with E-state index in [1.807, 2.05) is 42.5 Å². The van der Waals surface area contributed by atoms with Gasteiger partial charge in [0.1, 0.15) is 0 Å². The number of nitrogens with zero attached hydrogens (tertiary/aromatic N) is 1. The highest BCUT2D eigenvalue weighted by Gasteiger charge is 2.31. The first kappa shape index (κ1) is 26.2. The van der Waals surface area contributed by atoms with Crippen molar-refractivity contribution >= 4 is 17.6 Å². The van der Waals surface area contributed by atoms with E-state index in [1.165, 1.54) is 12.1 Å². The van der Waals surface area contributed by atoms with Crippen molar-refractivity contribution in [3.63, 3.8) is 0 Å². The maximum atomic E-state index is 13.2. The summed E-state index contributed by atoms with van der Waals surface area (Å²) in [6.07, 6.45) is -2.33. The summed E-state index contributed by atoms with van der Waals surface area (Å²) < 4.78 is 39.7. The van der Waals surface area contributed by atoms with Gasteiger partial charge in [-0.25, -0.2) is 0 Å². The summed E-state index contributed by atoms with van der Waals surface area (Å²) >= 11 is 6.17. The lowest BCUT2D eigenvalue weighted by molar-refractivity contribution is -0.138. The van der Waals surface area contributed by atoms with Gasteiger partial charge in [0.25, 0.3) is 0 Å². The predicted molar refractivity (Wildman–Crippen MR) is 136 cm³/mol. The molecule has 1 aliphatic rings. The lowest BCUT2D eigenvalue weighted by Crippen LogP contribution is -2.37. The number of carboxylic acids is 1. The Bertz CT molecular complexity index is 1200. The average molecular weight is 516 g/mol. The largest absolute Gasteiger partial charge is 0.481 e. The number of alkyl halides is 3. The van der Waals surface area contributed by atoms with Crippen molar-refractivity contribution in [2.75, 3.05) is 13.1 Å². The van der Waals surface area contributed by atoms with Gasteiger partial charge in [-0.15, -0.1) is 0 Å². The van der Waals surface area contributed by atoms with Gasteiger partial charge in [0, 0.05) is 5.02 Å². The van der Waals surface area contributed by atoms with Crippen LogP contribution in [-0.4, -0.2) is 29.1 Å².